The summed E-state index contributed by atoms with van der Waals surface area (Å²) in [4.78, 5) is 2.33. The summed E-state index contributed by atoms with van der Waals surface area (Å²) in [5.41, 5.74) is 4.88. The summed E-state index contributed by atoms with van der Waals surface area (Å²) in [5, 5.41) is 0. The van der Waals surface area contributed by atoms with Crippen LogP contribution in [0.5, 0.6) is 0 Å². The van der Waals surface area contributed by atoms with Gasteiger partial charge in [-0.15, -0.1) is 0 Å². The first-order chi connectivity index (χ1) is 12.3. The fourth-order valence-corrected chi connectivity index (χ4v) is 3.79. The van der Waals surface area contributed by atoms with E-state index in [0.717, 1.165) is 29.7 Å². The number of para-hydroxylation sites is 1. The Balaban J connectivity index is 1.61. The largest absolute Gasteiger partial charge is 0.352 e. The van der Waals surface area contributed by atoms with Crippen LogP contribution in [0.2, 0.25) is 0 Å². The van der Waals surface area contributed by atoms with Crippen LogP contribution < -0.4 is 4.90 Å². The van der Waals surface area contributed by atoms with Gasteiger partial charge in [-0.25, -0.2) is 0 Å². The molecule has 1 fully saturated rings. The van der Waals surface area contributed by atoms with Crippen molar-refractivity contribution in [3.63, 3.8) is 0 Å². The van der Waals surface area contributed by atoms with Crippen molar-refractivity contribution < 1.29 is 4.74 Å². The average Bonchev–Trinajstić information content (AvgIpc) is 3.31. The number of aromatic nitrogens is 1. The standard InChI is InChI=1S/C21H21BrN2O/c1-2-16-7-9-18(10-8-16)24-13-14-25-21(24)17-11-12-23(15-17)20-6-4-3-5-19(20)22/h3-12,15,21H,2,13-14H2,1H3. The topological polar surface area (TPSA) is 17.4 Å². The molecule has 3 aromatic rings. The maximum atomic E-state index is 6.04. The first-order valence-corrected chi connectivity index (χ1v) is 9.45. The van der Waals surface area contributed by atoms with Crippen molar-refractivity contribution in [2.75, 3.05) is 18.1 Å². The molecule has 128 valence electrons. The number of nitrogens with zero attached hydrogens (tertiary/aromatic N) is 2. The van der Waals surface area contributed by atoms with Gasteiger partial charge in [0.1, 0.15) is 0 Å². The number of halogens is 1. The molecule has 4 rings (SSSR count). The predicted octanol–water partition coefficient (Wildman–Crippen LogP) is 5.34. The minimum absolute atomic E-state index is 0.0313. The number of aryl methyl sites for hydroxylation is 1. The van der Waals surface area contributed by atoms with Gasteiger partial charge in [-0.05, 0) is 58.2 Å². The number of hydrogen-bond acceptors (Lipinski definition) is 2. The van der Waals surface area contributed by atoms with E-state index < -0.39 is 0 Å². The Labute approximate surface area is 157 Å². The molecule has 1 aliphatic rings. The van der Waals surface area contributed by atoms with E-state index in [1.165, 1.54) is 16.8 Å². The van der Waals surface area contributed by atoms with E-state index in [2.05, 4.69) is 87.2 Å². The molecule has 0 radical (unpaired) electrons. The Morgan fingerprint density at radius 2 is 1.88 bits per heavy atom. The summed E-state index contributed by atoms with van der Waals surface area (Å²) < 4.78 is 9.26. The van der Waals surface area contributed by atoms with Crippen LogP contribution in [0.3, 0.4) is 0 Å². The lowest BCUT2D eigenvalue weighted by Gasteiger charge is -2.24. The summed E-state index contributed by atoms with van der Waals surface area (Å²) in [6.45, 7) is 3.85. The zero-order valence-electron chi connectivity index (χ0n) is 14.2. The second kappa shape index (κ2) is 7.06. The summed E-state index contributed by atoms with van der Waals surface area (Å²) >= 11 is 3.63. The van der Waals surface area contributed by atoms with Crippen LogP contribution in [-0.4, -0.2) is 17.7 Å². The molecule has 25 heavy (non-hydrogen) atoms. The molecule has 2 heterocycles. The van der Waals surface area contributed by atoms with Gasteiger partial charge < -0.3 is 14.2 Å². The number of hydrogen-bond donors (Lipinski definition) is 0. The highest BCUT2D eigenvalue weighted by molar-refractivity contribution is 9.10. The molecule has 0 bridgehead atoms. The molecule has 3 nitrogen and oxygen atoms in total. The van der Waals surface area contributed by atoms with Gasteiger partial charge in [0.05, 0.1) is 12.3 Å². The highest BCUT2D eigenvalue weighted by Gasteiger charge is 2.28. The minimum atomic E-state index is -0.0313. The lowest BCUT2D eigenvalue weighted by molar-refractivity contribution is 0.114. The molecule has 1 unspecified atom stereocenters. The monoisotopic (exact) mass is 396 g/mol. The van der Waals surface area contributed by atoms with Crippen molar-refractivity contribution in [1.29, 1.82) is 0 Å². The number of ether oxygens (including phenoxy) is 1. The van der Waals surface area contributed by atoms with Crippen LogP contribution in [-0.2, 0) is 11.2 Å². The van der Waals surface area contributed by atoms with E-state index in [0.29, 0.717) is 0 Å². The summed E-state index contributed by atoms with van der Waals surface area (Å²) in [6.07, 6.45) is 5.28. The van der Waals surface area contributed by atoms with Gasteiger partial charge >= 0.3 is 0 Å². The Bertz CT molecular complexity index is 856. The first kappa shape index (κ1) is 16.4. The summed E-state index contributed by atoms with van der Waals surface area (Å²) in [7, 11) is 0. The molecule has 1 aliphatic heterocycles. The fraction of sp³-hybridized carbons (Fsp3) is 0.238. The van der Waals surface area contributed by atoms with Gasteiger partial charge in [-0.2, -0.15) is 0 Å². The minimum Gasteiger partial charge on any atom is -0.352 e. The van der Waals surface area contributed by atoms with Crippen molar-refractivity contribution in [2.45, 2.75) is 19.6 Å². The Kier molecular flexibility index (Phi) is 4.64. The maximum Gasteiger partial charge on any atom is 0.158 e. The van der Waals surface area contributed by atoms with Crippen molar-refractivity contribution in [3.8, 4) is 5.69 Å². The molecule has 0 N–H and O–H groups in total. The smallest absolute Gasteiger partial charge is 0.158 e. The van der Waals surface area contributed by atoms with Gasteiger partial charge in [0.15, 0.2) is 6.23 Å². The number of rotatable bonds is 4. The third-order valence-electron chi connectivity index (χ3n) is 4.70. The molecule has 1 aromatic heterocycles. The van der Waals surface area contributed by atoms with E-state index >= 15 is 0 Å². The van der Waals surface area contributed by atoms with E-state index in [4.69, 9.17) is 4.74 Å². The zero-order chi connectivity index (χ0) is 17.2. The van der Waals surface area contributed by atoms with Crippen LogP contribution in [0.4, 0.5) is 5.69 Å². The second-order valence-electron chi connectivity index (χ2n) is 6.24. The lowest BCUT2D eigenvalue weighted by Crippen LogP contribution is -2.22. The Hall–Kier alpha value is -2.04. The normalized spacial score (nSPS) is 17.2. The summed E-state index contributed by atoms with van der Waals surface area (Å²) in [5.74, 6) is 0. The van der Waals surface area contributed by atoms with E-state index in [9.17, 15) is 0 Å². The van der Waals surface area contributed by atoms with E-state index in [-0.39, 0.29) is 6.23 Å². The Morgan fingerprint density at radius 3 is 2.64 bits per heavy atom. The number of benzene rings is 2. The SMILES string of the molecule is CCc1ccc(N2CCOC2c2ccn(-c3ccccc3Br)c2)cc1. The van der Waals surface area contributed by atoms with Crippen LogP contribution in [0, 0.1) is 0 Å². The van der Waals surface area contributed by atoms with Crippen molar-refractivity contribution >= 4 is 21.6 Å². The second-order valence-corrected chi connectivity index (χ2v) is 7.09. The van der Waals surface area contributed by atoms with Crippen LogP contribution in [0.25, 0.3) is 5.69 Å². The molecular weight excluding hydrogens is 376 g/mol. The molecule has 1 atom stereocenters. The van der Waals surface area contributed by atoms with Gasteiger partial charge in [-0.1, -0.05) is 31.2 Å². The van der Waals surface area contributed by atoms with Crippen LogP contribution >= 0.6 is 15.9 Å². The maximum absolute atomic E-state index is 6.04. The molecule has 4 heteroatoms. The van der Waals surface area contributed by atoms with Crippen molar-refractivity contribution in [1.82, 2.24) is 4.57 Å². The highest BCUT2D eigenvalue weighted by Crippen LogP contribution is 2.33. The van der Waals surface area contributed by atoms with Gasteiger partial charge in [-0.3, -0.25) is 0 Å². The molecule has 0 spiro atoms. The van der Waals surface area contributed by atoms with E-state index in [1.807, 2.05) is 12.1 Å². The average molecular weight is 397 g/mol. The summed E-state index contributed by atoms with van der Waals surface area (Å²) in [6, 6.07) is 19.2. The molecule has 0 amide bonds. The molecule has 0 aliphatic carbocycles. The van der Waals surface area contributed by atoms with E-state index in [1.54, 1.807) is 0 Å². The molecule has 1 saturated heterocycles. The fourth-order valence-electron chi connectivity index (χ4n) is 3.30. The van der Waals surface area contributed by atoms with Crippen LogP contribution in [0.1, 0.15) is 24.3 Å². The lowest BCUT2D eigenvalue weighted by atomic mass is 10.1. The molecular formula is C21H21BrN2O. The predicted molar refractivity (Wildman–Crippen MR) is 105 cm³/mol. The number of anilines is 1. The zero-order valence-corrected chi connectivity index (χ0v) is 15.8. The highest BCUT2D eigenvalue weighted by atomic mass is 79.9. The van der Waals surface area contributed by atoms with Gasteiger partial charge in [0, 0.05) is 34.7 Å². The molecule has 0 saturated carbocycles. The van der Waals surface area contributed by atoms with Gasteiger partial charge in [0.25, 0.3) is 0 Å². The Morgan fingerprint density at radius 1 is 1.08 bits per heavy atom. The quantitative estimate of drug-likeness (QED) is 0.592. The third-order valence-corrected chi connectivity index (χ3v) is 5.37. The van der Waals surface area contributed by atoms with Crippen molar-refractivity contribution in [3.05, 3.63) is 82.6 Å². The van der Waals surface area contributed by atoms with Gasteiger partial charge in [0.2, 0.25) is 0 Å². The first-order valence-electron chi connectivity index (χ1n) is 8.66. The molecule has 2 aromatic carbocycles. The van der Waals surface area contributed by atoms with Crippen LogP contribution in [0.15, 0.2) is 71.5 Å². The van der Waals surface area contributed by atoms with Crippen molar-refractivity contribution in [2.24, 2.45) is 0 Å². The third kappa shape index (κ3) is 3.24.